The Kier molecular flexibility index (Phi) is 1.94. The average Bonchev–Trinajstić information content (AvgIpc) is 2.50. The van der Waals surface area contributed by atoms with Crippen LogP contribution in [0.3, 0.4) is 0 Å². The molecule has 1 unspecified atom stereocenters. The van der Waals surface area contributed by atoms with Gasteiger partial charge in [-0.3, -0.25) is 4.39 Å². The Balaban J connectivity index is 2.30. The predicted molar refractivity (Wildman–Crippen MR) is 47.6 cm³/mol. The molecule has 1 aromatic rings. The van der Waals surface area contributed by atoms with Crippen molar-refractivity contribution < 1.29 is 4.39 Å². The summed E-state index contributed by atoms with van der Waals surface area (Å²) < 4.78 is 12.1. The zero-order chi connectivity index (χ0) is 8.39. The van der Waals surface area contributed by atoms with Gasteiger partial charge in [-0.05, 0) is 29.7 Å². The summed E-state index contributed by atoms with van der Waals surface area (Å²) in [4.78, 5) is 0. The van der Waals surface area contributed by atoms with Crippen LogP contribution in [0.25, 0.3) is 6.08 Å². The zero-order valence-electron chi connectivity index (χ0n) is 6.76. The fraction of sp³-hybridized carbons (Fsp3) is 0.273. The van der Waals surface area contributed by atoms with Crippen LogP contribution < -0.4 is 0 Å². The van der Waals surface area contributed by atoms with Crippen molar-refractivity contribution in [1.29, 1.82) is 0 Å². The maximum Gasteiger partial charge on any atom is 0.0903 e. The highest BCUT2D eigenvalue weighted by atomic mass is 19.1. The van der Waals surface area contributed by atoms with E-state index >= 15 is 0 Å². The number of hydrogen-bond acceptors (Lipinski definition) is 0. The molecule has 1 aliphatic carbocycles. The number of rotatable bonds is 2. The first kappa shape index (κ1) is 7.53. The van der Waals surface area contributed by atoms with Gasteiger partial charge in [0.05, 0.1) is 6.67 Å². The molecule has 0 N–H and O–H groups in total. The summed E-state index contributed by atoms with van der Waals surface area (Å²) in [5.41, 5.74) is 2.43. The molecular weight excluding hydrogens is 151 g/mol. The van der Waals surface area contributed by atoms with Gasteiger partial charge in [-0.15, -0.1) is 0 Å². The molecule has 1 atom stereocenters. The molecule has 1 heteroatoms. The molecular formula is C11H10F. The minimum absolute atomic E-state index is 0.247. The molecule has 12 heavy (non-hydrogen) atoms. The van der Waals surface area contributed by atoms with E-state index in [1.807, 2.05) is 18.2 Å². The lowest BCUT2D eigenvalue weighted by molar-refractivity contribution is 0.460. The fourth-order valence-corrected chi connectivity index (χ4v) is 1.62. The van der Waals surface area contributed by atoms with Gasteiger partial charge >= 0.3 is 0 Å². The molecule has 0 saturated heterocycles. The van der Waals surface area contributed by atoms with Crippen LogP contribution in [0.15, 0.2) is 24.3 Å². The lowest BCUT2D eigenvalue weighted by Gasteiger charge is -2.06. The van der Waals surface area contributed by atoms with Gasteiger partial charge in [-0.1, -0.05) is 24.3 Å². The first-order valence-electron chi connectivity index (χ1n) is 4.16. The lowest BCUT2D eigenvalue weighted by atomic mass is 9.98. The normalized spacial score (nSPS) is 19.6. The predicted octanol–water partition coefficient (Wildman–Crippen LogP) is 2.96. The molecule has 1 aromatic carbocycles. The SMILES string of the molecule is FCCC1C=Cc2cc[c]cc21. The number of benzene rings is 1. The Labute approximate surface area is 71.7 Å². The monoisotopic (exact) mass is 161 g/mol. The maximum absolute atomic E-state index is 12.1. The van der Waals surface area contributed by atoms with Crippen LogP contribution in [0.2, 0.25) is 0 Å². The number of halogens is 1. The average molecular weight is 161 g/mol. The van der Waals surface area contributed by atoms with Gasteiger partial charge in [-0.2, -0.15) is 0 Å². The van der Waals surface area contributed by atoms with Gasteiger partial charge in [0, 0.05) is 5.92 Å². The van der Waals surface area contributed by atoms with Crippen LogP contribution >= 0.6 is 0 Å². The van der Waals surface area contributed by atoms with Crippen molar-refractivity contribution in [3.8, 4) is 0 Å². The molecule has 0 amide bonds. The van der Waals surface area contributed by atoms with E-state index in [-0.39, 0.29) is 12.6 Å². The van der Waals surface area contributed by atoms with E-state index in [0.29, 0.717) is 6.42 Å². The van der Waals surface area contributed by atoms with Gasteiger partial charge in [0.2, 0.25) is 0 Å². The topological polar surface area (TPSA) is 0 Å². The van der Waals surface area contributed by atoms with Crippen molar-refractivity contribution in [1.82, 2.24) is 0 Å². The smallest absolute Gasteiger partial charge is 0.0903 e. The van der Waals surface area contributed by atoms with Gasteiger partial charge in [0.15, 0.2) is 0 Å². The quantitative estimate of drug-likeness (QED) is 0.625. The Morgan fingerprint density at radius 2 is 2.42 bits per heavy atom. The number of alkyl halides is 1. The summed E-state index contributed by atoms with van der Waals surface area (Å²) in [7, 11) is 0. The lowest BCUT2D eigenvalue weighted by Crippen LogP contribution is -1.93. The summed E-state index contributed by atoms with van der Waals surface area (Å²) in [6.07, 6.45) is 4.73. The Hall–Kier alpha value is -1.11. The third-order valence-electron chi connectivity index (χ3n) is 2.26. The molecule has 1 radical (unpaired) electrons. The van der Waals surface area contributed by atoms with Crippen LogP contribution in [0.4, 0.5) is 4.39 Å². The van der Waals surface area contributed by atoms with Gasteiger partial charge in [-0.25, -0.2) is 0 Å². The molecule has 0 saturated carbocycles. The number of fused-ring (bicyclic) bond motifs is 1. The molecule has 0 spiro atoms. The minimum atomic E-state index is -0.247. The van der Waals surface area contributed by atoms with Crippen molar-refractivity contribution in [3.63, 3.8) is 0 Å². The first-order valence-corrected chi connectivity index (χ1v) is 4.16. The second kappa shape index (κ2) is 3.10. The fourth-order valence-electron chi connectivity index (χ4n) is 1.62. The summed E-state index contributed by atoms with van der Waals surface area (Å²) in [5.74, 6) is 0.280. The molecule has 2 rings (SSSR count). The van der Waals surface area contributed by atoms with Crippen molar-refractivity contribution in [2.75, 3.05) is 6.67 Å². The molecule has 0 heterocycles. The van der Waals surface area contributed by atoms with E-state index < -0.39 is 0 Å². The van der Waals surface area contributed by atoms with Crippen LogP contribution in [-0.2, 0) is 0 Å². The van der Waals surface area contributed by atoms with Crippen molar-refractivity contribution in [3.05, 3.63) is 41.5 Å². The highest BCUT2D eigenvalue weighted by Crippen LogP contribution is 2.31. The first-order chi connectivity index (χ1) is 5.92. The zero-order valence-corrected chi connectivity index (χ0v) is 6.76. The van der Waals surface area contributed by atoms with Gasteiger partial charge in [0.1, 0.15) is 0 Å². The summed E-state index contributed by atoms with van der Waals surface area (Å²) in [5, 5.41) is 0. The van der Waals surface area contributed by atoms with Crippen molar-refractivity contribution in [2.24, 2.45) is 0 Å². The van der Waals surface area contributed by atoms with Crippen LogP contribution in [-0.4, -0.2) is 6.67 Å². The summed E-state index contributed by atoms with van der Waals surface area (Å²) in [6, 6.07) is 8.88. The number of allylic oxidation sites excluding steroid dienone is 1. The third kappa shape index (κ3) is 1.15. The molecule has 0 nitrogen and oxygen atoms in total. The van der Waals surface area contributed by atoms with Crippen molar-refractivity contribution in [2.45, 2.75) is 12.3 Å². The largest absolute Gasteiger partial charge is 0.251 e. The summed E-state index contributed by atoms with van der Waals surface area (Å²) in [6.45, 7) is -0.247. The molecule has 0 aliphatic heterocycles. The number of hydrogen-bond donors (Lipinski definition) is 0. The third-order valence-corrected chi connectivity index (χ3v) is 2.26. The molecule has 1 aliphatic rings. The molecule has 0 fully saturated rings. The van der Waals surface area contributed by atoms with E-state index in [0.717, 1.165) is 0 Å². The van der Waals surface area contributed by atoms with Gasteiger partial charge in [0.25, 0.3) is 0 Å². The van der Waals surface area contributed by atoms with Crippen molar-refractivity contribution >= 4 is 6.08 Å². The van der Waals surface area contributed by atoms with Crippen LogP contribution in [0.5, 0.6) is 0 Å². The maximum atomic E-state index is 12.1. The summed E-state index contributed by atoms with van der Waals surface area (Å²) >= 11 is 0. The highest BCUT2D eigenvalue weighted by Gasteiger charge is 2.15. The Morgan fingerprint density at radius 3 is 3.25 bits per heavy atom. The van der Waals surface area contributed by atoms with E-state index in [2.05, 4.69) is 18.2 Å². The van der Waals surface area contributed by atoms with E-state index in [1.54, 1.807) is 0 Å². The minimum Gasteiger partial charge on any atom is -0.251 e. The second-order valence-corrected chi connectivity index (χ2v) is 3.00. The van der Waals surface area contributed by atoms with E-state index in [9.17, 15) is 4.39 Å². The highest BCUT2D eigenvalue weighted by molar-refractivity contribution is 5.61. The molecule has 0 aromatic heterocycles. The van der Waals surface area contributed by atoms with E-state index in [4.69, 9.17) is 0 Å². The standard InChI is InChI=1S/C11H10F/c12-8-7-10-6-5-9-3-1-2-4-11(9)10/h1,3-6,10H,7-8H2. The second-order valence-electron chi connectivity index (χ2n) is 3.00. The Morgan fingerprint density at radius 1 is 1.50 bits per heavy atom. The van der Waals surface area contributed by atoms with Crippen LogP contribution in [0.1, 0.15) is 23.5 Å². The molecule has 61 valence electrons. The van der Waals surface area contributed by atoms with Gasteiger partial charge < -0.3 is 0 Å². The van der Waals surface area contributed by atoms with E-state index in [1.165, 1.54) is 11.1 Å². The van der Waals surface area contributed by atoms with Crippen LogP contribution in [0, 0.1) is 6.07 Å². The Bertz CT molecular complexity index is 302. The molecule has 0 bridgehead atoms.